The van der Waals surface area contributed by atoms with Gasteiger partial charge in [0.05, 0.1) is 0 Å². The van der Waals surface area contributed by atoms with E-state index in [0.717, 1.165) is 40.4 Å². The van der Waals surface area contributed by atoms with Crippen LogP contribution in [0.3, 0.4) is 0 Å². The Morgan fingerprint density at radius 2 is 1.95 bits per heavy atom. The van der Waals surface area contributed by atoms with Crippen molar-refractivity contribution in [2.24, 2.45) is 11.8 Å². The molecule has 0 heterocycles. The average Bonchev–Trinajstić information content (AvgIpc) is 2.42. The van der Waals surface area contributed by atoms with E-state index in [1.54, 1.807) is 0 Å². The van der Waals surface area contributed by atoms with Gasteiger partial charge in [-0.25, -0.2) is 0 Å². The smallest absolute Gasteiger partial charge is 0.0453 e. The summed E-state index contributed by atoms with van der Waals surface area (Å²) < 4.78 is 0. The number of halogens is 2. The average molecular weight is 314 g/mol. The number of nitrogens with one attached hydrogen (secondary N) is 1. The molecule has 2 rings (SSSR count). The van der Waals surface area contributed by atoms with Crippen molar-refractivity contribution in [3.05, 3.63) is 33.8 Å². The summed E-state index contributed by atoms with van der Waals surface area (Å²) in [5.41, 5.74) is 1.10. The van der Waals surface area contributed by atoms with Crippen LogP contribution in [0, 0.1) is 11.8 Å². The highest BCUT2D eigenvalue weighted by Crippen LogP contribution is 2.34. The molecular formula is C17H25Cl2N. The van der Waals surface area contributed by atoms with Crippen LogP contribution in [0.1, 0.15) is 45.1 Å². The minimum Gasteiger partial charge on any atom is -0.314 e. The lowest BCUT2D eigenvalue weighted by Gasteiger charge is -2.34. The zero-order valence-electron chi connectivity index (χ0n) is 12.5. The highest BCUT2D eigenvalue weighted by molar-refractivity contribution is 6.36. The normalized spacial score (nSPS) is 24.6. The van der Waals surface area contributed by atoms with Crippen molar-refractivity contribution in [1.82, 2.24) is 5.32 Å². The molecule has 3 heteroatoms. The molecule has 0 radical (unpaired) electrons. The molecular weight excluding hydrogens is 289 g/mol. The molecule has 1 saturated carbocycles. The van der Waals surface area contributed by atoms with Crippen molar-refractivity contribution in [2.75, 3.05) is 6.54 Å². The van der Waals surface area contributed by atoms with E-state index >= 15 is 0 Å². The van der Waals surface area contributed by atoms with Crippen LogP contribution in [-0.2, 0) is 6.42 Å². The lowest BCUT2D eigenvalue weighted by Crippen LogP contribution is -2.40. The predicted molar refractivity (Wildman–Crippen MR) is 88.8 cm³/mol. The Labute approximate surface area is 133 Å². The van der Waals surface area contributed by atoms with E-state index in [4.69, 9.17) is 23.2 Å². The van der Waals surface area contributed by atoms with Crippen LogP contribution in [0.15, 0.2) is 18.2 Å². The first kappa shape index (κ1) is 16.1. The molecule has 3 atom stereocenters. The van der Waals surface area contributed by atoms with Gasteiger partial charge in [0.2, 0.25) is 0 Å². The van der Waals surface area contributed by atoms with Gasteiger partial charge in [0, 0.05) is 16.1 Å². The molecule has 1 aliphatic carbocycles. The maximum atomic E-state index is 6.33. The Morgan fingerprint density at radius 3 is 2.55 bits per heavy atom. The van der Waals surface area contributed by atoms with Gasteiger partial charge in [-0.2, -0.15) is 0 Å². The van der Waals surface area contributed by atoms with Crippen molar-refractivity contribution < 1.29 is 0 Å². The van der Waals surface area contributed by atoms with E-state index < -0.39 is 0 Å². The molecule has 1 N–H and O–H groups in total. The third-order valence-corrected chi connectivity index (χ3v) is 5.21. The Balaban J connectivity index is 2.12. The molecule has 0 bridgehead atoms. The van der Waals surface area contributed by atoms with Crippen LogP contribution in [0.2, 0.25) is 10.0 Å². The second-order valence-electron chi connectivity index (χ2n) is 6.10. The van der Waals surface area contributed by atoms with E-state index in [-0.39, 0.29) is 0 Å². The van der Waals surface area contributed by atoms with Crippen LogP contribution in [-0.4, -0.2) is 12.6 Å². The van der Waals surface area contributed by atoms with Crippen molar-refractivity contribution in [1.29, 1.82) is 0 Å². The standard InChI is InChI=1S/C17H25Cl2N/c1-3-20-17(13-7-4-6-12(2)10-13)11-14-15(18)8-5-9-16(14)19/h5,8-9,12-13,17,20H,3-4,6-7,10-11H2,1-2H3. The summed E-state index contributed by atoms with van der Waals surface area (Å²) in [6, 6.07) is 6.28. The predicted octanol–water partition coefficient (Wildman–Crippen LogP) is 5.34. The number of hydrogen-bond donors (Lipinski definition) is 1. The van der Waals surface area contributed by atoms with Gasteiger partial charge in [-0.3, -0.25) is 0 Å². The Bertz CT molecular complexity index is 413. The second-order valence-corrected chi connectivity index (χ2v) is 6.91. The fourth-order valence-corrected chi connectivity index (χ4v) is 4.01. The summed E-state index contributed by atoms with van der Waals surface area (Å²) in [6.07, 6.45) is 6.31. The third-order valence-electron chi connectivity index (χ3n) is 4.50. The van der Waals surface area contributed by atoms with Crippen LogP contribution in [0.25, 0.3) is 0 Å². The topological polar surface area (TPSA) is 12.0 Å². The largest absolute Gasteiger partial charge is 0.314 e. The summed E-state index contributed by atoms with van der Waals surface area (Å²) in [4.78, 5) is 0. The summed E-state index contributed by atoms with van der Waals surface area (Å²) in [7, 11) is 0. The van der Waals surface area contributed by atoms with Crippen molar-refractivity contribution in [3.8, 4) is 0 Å². The number of rotatable bonds is 5. The highest BCUT2D eigenvalue weighted by atomic mass is 35.5. The van der Waals surface area contributed by atoms with Crippen LogP contribution in [0.4, 0.5) is 0 Å². The Kier molecular flexibility index (Phi) is 6.20. The molecule has 0 spiro atoms. The maximum absolute atomic E-state index is 6.33. The van der Waals surface area contributed by atoms with Gasteiger partial charge in [0.15, 0.2) is 0 Å². The number of hydrogen-bond acceptors (Lipinski definition) is 1. The van der Waals surface area contributed by atoms with E-state index in [1.807, 2.05) is 18.2 Å². The maximum Gasteiger partial charge on any atom is 0.0453 e. The van der Waals surface area contributed by atoms with Gasteiger partial charge in [0.25, 0.3) is 0 Å². The van der Waals surface area contributed by atoms with Gasteiger partial charge in [-0.05, 0) is 55.3 Å². The fourth-order valence-electron chi connectivity index (χ4n) is 3.46. The molecule has 1 aromatic rings. The van der Waals surface area contributed by atoms with Crippen molar-refractivity contribution >= 4 is 23.2 Å². The first-order valence-electron chi connectivity index (χ1n) is 7.78. The van der Waals surface area contributed by atoms with Crippen molar-refractivity contribution in [3.63, 3.8) is 0 Å². The van der Waals surface area contributed by atoms with E-state index in [2.05, 4.69) is 19.2 Å². The number of likely N-dealkylation sites (N-methyl/N-ethyl adjacent to an activating group) is 1. The van der Waals surface area contributed by atoms with Crippen LogP contribution < -0.4 is 5.32 Å². The number of benzene rings is 1. The Morgan fingerprint density at radius 1 is 1.25 bits per heavy atom. The molecule has 20 heavy (non-hydrogen) atoms. The van der Waals surface area contributed by atoms with Gasteiger partial charge < -0.3 is 5.32 Å². The minimum absolute atomic E-state index is 0.486. The quantitative estimate of drug-likeness (QED) is 0.773. The first-order valence-corrected chi connectivity index (χ1v) is 8.53. The molecule has 1 aromatic carbocycles. The summed E-state index contributed by atoms with van der Waals surface area (Å²) >= 11 is 12.7. The zero-order valence-corrected chi connectivity index (χ0v) is 14.0. The summed E-state index contributed by atoms with van der Waals surface area (Å²) in [5, 5.41) is 5.25. The first-order chi connectivity index (χ1) is 9.61. The van der Waals surface area contributed by atoms with Crippen molar-refractivity contribution in [2.45, 2.75) is 52.0 Å². The van der Waals surface area contributed by atoms with Crippen LogP contribution >= 0.6 is 23.2 Å². The van der Waals surface area contributed by atoms with Gasteiger partial charge in [-0.1, -0.05) is 56.0 Å². The van der Waals surface area contributed by atoms with E-state index in [0.29, 0.717) is 6.04 Å². The molecule has 1 nitrogen and oxygen atoms in total. The van der Waals surface area contributed by atoms with Gasteiger partial charge in [-0.15, -0.1) is 0 Å². The van der Waals surface area contributed by atoms with E-state index in [1.165, 1.54) is 25.7 Å². The fraction of sp³-hybridized carbons (Fsp3) is 0.647. The summed E-state index contributed by atoms with van der Waals surface area (Å²) in [5.74, 6) is 1.59. The minimum atomic E-state index is 0.486. The summed E-state index contributed by atoms with van der Waals surface area (Å²) in [6.45, 7) is 5.54. The molecule has 3 unspecified atom stereocenters. The highest BCUT2D eigenvalue weighted by Gasteiger charge is 2.27. The molecule has 0 saturated heterocycles. The monoisotopic (exact) mass is 313 g/mol. The third kappa shape index (κ3) is 4.13. The Hall–Kier alpha value is -0.240. The molecule has 0 aromatic heterocycles. The lowest BCUT2D eigenvalue weighted by atomic mass is 9.77. The molecule has 0 aliphatic heterocycles. The van der Waals surface area contributed by atoms with E-state index in [9.17, 15) is 0 Å². The molecule has 1 aliphatic rings. The lowest BCUT2D eigenvalue weighted by molar-refractivity contribution is 0.222. The van der Waals surface area contributed by atoms with Crippen LogP contribution in [0.5, 0.6) is 0 Å². The SMILES string of the molecule is CCNC(Cc1c(Cl)cccc1Cl)C1CCCC(C)C1. The molecule has 112 valence electrons. The van der Waals surface area contributed by atoms with Gasteiger partial charge in [0.1, 0.15) is 0 Å². The van der Waals surface area contributed by atoms with Gasteiger partial charge >= 0.3 is 0 Å². The zero-order chi connectivity index (χ0) is 14.5. The molecule has 0 amide bonds. The second kappa shape index (κ2) is 7.68. The molecule has 1 fully saturated rings.